The summed E-state index contributed by atoms with van der Waals surface area (Å²) in [7, 11) is 0. The molecule has 0 fully saturated rings. The normalized spacial score (nSPS) is 12.4. The maximum atomic E-state index is 6.76. The van der Waals surface area contributed by atoms with Crippen molar-refractivity contribution in [3.05, 3.63) is 210 Å². The smallest absolute Gasteiger partial charge is 0.143 e. The van der Waals surface area contributed by atoms with Crippen molar-refractivity contribution in [3.8, 4) is 39.1 Å². The molecule has 1 aliphatic rings. The molecule has 0 saturated heterocycles. The van der Waals surface area contributed by atoms with Crippen LogP contribution in [-0.4, -0.2) is 4.57 Å². The highest BCUT2D eigenvalue weighted by Gasteiger charge is 2.23. The standard InChI is InChI=1S/C56H42N2O/c1-37-34-44(30-31-46(37)40-17-7-4-8-18-40)57(52-32-27-42(33-38(52)2)39-15-5-3-6-16-39)45-35-50(56-51(36-45)49-21-11-14-24-55(49)59-56)41-25-28-43(29-26-41)58-53-22-12-9-19-47(53)48-20-10-13-23-54(48)58/h3-9,11-19,21-36H,10,20H2,1-2H3. The molecule has 0 N–H and O–H groups in total. The van der Waals surface area contributed by atoms with E-state index in [4.69, 9.17) is 4.42 Å². The topological polar surface area (TPSA) is 21.3 Å². The van der Waals surface area contributed by atoms with E-state index in [2.05, 4.69) is 217 Å². The molecule has 282 valence electrons. The van der Waals surface area contributed by atoms with Gasteiger partial charge >= 0.3 is 0 Å². The van der Waals surface area contributed by atoms with Crippen LogP contribution in [0.3, 0.4) is 0 Å². The van der Waals surface area contributed by atoms with E-state index in [0.29, 0.717) is 0 Å². The number of hydrogen-bond donors (Lipinski definition) is 0. The van der Waals surface area contributed by atoms with Crippen molar-refractivity contribution in [3.63, 3.8) is 0 Å². The minimum Gasteiger partial charge on any atom is -0.455 e. The van der Waals surface area contributed by atoms with E-state index in [-0.39, 0.29) is 0 Å². The van der Waals surface area contributed by atoms with Gasteiger partial charge in [-0.3, -0.25) is 0 Å². The van der Waals surface area contributed by atoms with Gasteiger partial charge in [-0.1, -0.05) is 127 Å². The summed E-state index contributed by atoms with van der Waals surface area (Å²) in [6, 6.07) is 65.9. The first-order valence-electron chi connectivity index (χ1n) is 20.6. The molecule has 10 aromatic rings. The van der Waals surface area contributed by atoms with Gasteiger partial charge in [0, 0.05) is 50.2 Å². The third-order valence-electron chi connectivity index (χ3n) is 12.1. The van der Waals surface area contributed by atoms with Gasteiger partial charge in [0.1, 0.15) is 11.2 Å². The summed E-state index contributed by atoms with van der Waals surface area (Å²) in [5, 5.41) is 3.53. The van der Waals surface area contributed by atoms with E-state index < -0.39 is 0 Å². The molecule has 0 atom stereocenters. The largest absolute Gasteiger partial charge is 0.455 e. The average Bonchev–Trinajstić information content (AvgIpc) is 3.83. The molecular formula is C56H42N2O. The number of aromatic nitrogens is 1. The number of fused-ring (bicyclic) bond motifs is 6. The molecule has 0 radical (unpaired) electrons. The third-order valence-corrected chi connectivity index (χ3v) is 12.1. The fraction of sp³-hybridized carbons (Fsp3) is 0.0714. The molecule has 0 saturated carbocycles. The van der Waals surface area contributed by atoms with Crippen molar-refractivity contribution < 1.29 is 4.42 Å². The average molecular weight is 759 g/mol. The molecule has 0 unspecified atom stereocenters. The molecule has 0 aliphatic heterocycles. The Morgan fingerprint density at radius 1 is 0.508 bits per heavy atom. The molecule has 2 heterocycles. The fourth-order valence-electron chi connectivity index (χ4n) is 9.28. The number of rotatable bonds is 7. The maximum absolute atomic E-state index is 6.76. The van der Waals surface area contributed by atoms with Gasteiger partial charge in [0.25, 0.3) is 0 Å². The summed E-state index contributed by atoms with van der Waals surface area (Å²) in [6.07, 6.45) is 6.74. The van der Waals surface area contributed by atoms with E-state index in [1.165, 1.54) is 55.5 Å². The first-order chi connectivity index (χ1) is 29.1. The lowest BCUT2D eigenvalue weighted by Gasteiger charge is -2.29. The van der Waals surface area contributed by atoms with Crippen molar-refractivity contribution in [2.45, 2.75) is 26.7 Å². The summed E-state index contributed by atoms with van der Waals surface area (Å²) in [5.74, 6) is 0. The number of anilines is 3. The van der Waals surface area contributed by atoms with Crippen molar-refractivity contribution in [1.82, 2.24) is 4.57 Å². The molecule has 59 heavy (non-hydrogen) atoms. The molecule has 11 rings (SSSR count). The summed E-state index contributed by atoms with van der Waals surface area (Å²) >= 11 is 0. The maximum Gasteiger partial charge on any atom is 0.143 e. The molecule has 1 aliphatic carbocycles. The predicted molar refractivity (Wildman–Crippen MR) is 248 cm³/mol. The van der Waals surface area contributed by atoms with Crippen LogP contribution in [-0.2, 0) is 6.42 Å². The zero-order valence-corrected chi connectivity index (χ0v) is 33.2. The lowest BCUT2D eigenvalue weighted by molar-refractivity contribution is 0.670. The molecule has 0 amide bonds. The number of para-hydroxylation sites is 2. The molecule has 0 spiro atoms. The summed E-state index contributed by atoms with van der Waals surface area (Å²) in [6.45, 7) is 4.44. The highest BCUT2D eigenvalue weighted by Crippen LogP contribution is 2.46. The number of aryl methyl sites for hydroxylation is 3. The van der Waals surface area contributed by atoms with E-state index in [1.807, 2.05) is 0 Å². The van der Waals surface area contributed by atoms with E-state index in [0.717, 1.165) is 68.7 Å². The van der Waals surface area contributed by atoms with E-state index >= 15 is 0 Å². The number of hydrogen-bond acceptors (Lipinski definition) is 2. The lowest BCUT2D eigenvalue weighted by Crippen LogP contribution is -2.12. The van der Waals surface area contributed by atoms with Gasteiger partial charge in [-0.25, -0.2) is 0 Å². The number of nitrogens with zero attached hydrogens (tertiary/aromatic N) is 2. The van der Waals surface area contributed by atoms with Crippen molar-refractivity contribution >= 4 is 56.0 Å². The van der Waals surface area contributed by atoms with Crippen LogP contribution in [0.4, 0.5) is 17.1 Å². The van der Waals surface area contributed by atoms with Gasteiger partial charge in [-0.2, -0.15) is 0 Å². The van der Waals surface area contributed by atoms with Gasteiger partial charge in [-0.15, -0.1) is 0 Å². The molecule has 8 aromatic carbocycles. The number of benzene rings is 8. The van der Waals surface area contributed by atoms with Crippen molar-refractivity contribution in [2.75, 3.05) is 4.90 Å². The zero-order chi connectivity index (χ0) is 39.5. The van der Waals surface area contributed by atoms with Crippen LogP contribution < -0.4 is 4.90 Å². The van der Waals surface area contributed by atoms with Crippen LogP contribution >= 0.6 is 0 Å². The minimum atomic E-state index is 0.882. The second-order valence-corrected chi connectivity index (χ2v) is 15.7. The Kier molecular flexibility index (Phi) is 8.41. The second-order valence-electron chi connectivity index (χ2n) is 15.7. The van der Waals surface area contributed by atoms with Crippen LogP contribution in [0.5, 0.6) is 0 Å². The highest BCUT2D eigenvalue weighted by atomic mass is 16.3. The summed E-state index contributed by atoms with van der Waals surface area (Å²) in [5.41, 5.74) is 19.6. The van der Waals surface area contributed by atoms with E-state index in [9.17, 15) is 0 Å². The van der Waals surface area contributed by atoms with Crippen LogP contribution in [0.2, 0.25) is 0 Å². The Hall–Kier alpha value is -7.36. The minimum absolute atomic E-state index is 0.882. The molecule has 3 heteroatoms. The molecule has 3 nitrogen and oxygen atoms in total. The molecular weight excluding hydrogens is 717 g/mol. The quantitative estimate of drug-likeness (QED) is 0.161. The Balaban J connectivity index is 1.11. The Morgan fingerprint density at radius 2 is 1.20 bits per heavy atom. The SMILES string of the molecule is Cc1cc(N(c2cc(-c3ccc(-n4c5c(c6ccccc64)CCC=C5)cc3)c3oc4ccccc4c3c2)c2ccc(-c3ccccc3)cc2C)ccc1-c1ccccc1. The van der Waals surface area contributed by atoms with Crippen molar-refractivity contribution in [2.24, 2.45) is 0 Å². The van der Waals surface area contributed by atoms with Gasteiger partial charge in [-0.05, 0) is 138 Å². The first kappa shape index (κ1) is 34.9. The Labute approximate surface area is 344 Å². The number of furan rings is 1. The van der Waals surface area contributed by atoms with Gasteiger partial charge in [0.05, 0.1) is 5.52 Å². The first-order valence-corrected chi connectivity index (χ1v) is 20.6. The predicted octanol–water partition coefficient (Wildman–Crippen LogP) is 15.6. The molecule has 0 bridgehead atoms. The molecule has 2 aromatic heterocycles. The van der Waals surface area contributed by atoms with Gasteiger partial charge < -0.3 is 13.9 Å². The Bertz CT molecular complexity index is 3220. The summed E-state index contributed by atoms with van der Waals surface area (Å²) in [4.78, 5) is 2.43. The summed E-state index contributed by atoms with van der Waals surface area (Å²) < 4.78 is 9.18. The highest BCUT2D eigenvalue weighted by molar-refractivity contribution is 6.11. The van der Waals surface area contributed by atoms with Crippen LogP contribution in [0.15, 0.2) is 192 Å². The van der Waals surface area contributed by atoms with Gasteiger partial charge in [0.2, 0.25) is 0 Å². The van der Waals surface area contributed by atoms with Gasteiger partial charge in [0.15, 0.2) is 0 Å². The van der Waals surface area contributed by atoms with Crippen LogP contribution in [0, 0.1) is 13.8 Å². The number of allylic oxidation sites excluding steroid dienone is 1. The second kappa shape index (κ2) is 14.2. The van der Waals surface area contributed by atoms with Crippen LogP contribution in [0.1, 0.15) is 28.8 Å². The monoisotopic (exact) mass is 758 g/mol. The van der Waals surface area contributed by atoms with Crippen molar-refractivity contribution in [1.29, 1.82) is 0 Å². The Morgan fingerprint density at radius 3 is 1.98 bits per heavy atom. The third kappa shape index (κ3) is 5.97. The fourth-order valence-corrected chi connectivity index (χ4v) is 9.28. The lowest BCUT2D eigenvalue weighted by atomic mass is 9.97. The van der Waals surface area contributed by atoms with Crippen LogP contribution in [0.25, 0.3) is 78.0 Å². The van der Waals surface area contributed by atoms with E-state index in [1.54, 1.807) is 0 Å². The zero-order valence-electron chi connectivity index (χ0n) is 33.2.